The van der Waals surface area contributed by atoms with E-state index in [1.54, 1.807) is 6.08 Å². The Morgan fingerprint density at radius 3 is 2.55 bits per heavy atom. The molecule has 0 spiro atoms. The Balaban J connectivity index is 2.51. The number of terminal acetylenes is 1. The van der Waals surface area contributed by atoms with Gasteiger partial charge in [-0.25, -0.2) is 0 Å². The zero-order valence-electron chi connectivity index (χ0n) is 6.60. The van der Waals surface area contributed by atoms with E-state index in [0.29, 0.717) is 0 Å². The van der Waals surface area contributed by atoms with Gasteiger partial charge in [0.05, 0.1) is 0 Å². The first-order valence-corrected chi connectivity index (χ1v) is 4.03. The first-order chi connectivity index (χ1) is 5.33. The molecule has 1 nitrogen and oxygen atoms in total. The lowest BCUT2D eigenvalue weighted by Crippen LogP contribution is -1.97. The Morgan fingerprint density at radius 2 is 2.00 bits per heavy atom. The second-order valence-electron chi connectivity index (χ2n) is 2.87. The van der Waals surface area contributed by atoms with Crippen molar-refractivity contribution in [1.29, 1.82) is 0 Å². The van der Waals surface area contributed by atoms with Crippen LogP contribution in [0.5, 0.6) is 0 Å². The maximum atomic E-state index is 10.8. The standard InChI is InChI=1S/C10H12O/c1-2-10(11)8-9-6-4-3-5-7-9/h1,8H,3-7H2. The maximum Gasteiger partial charge on any atom is 0.228 e. The summed E-state index contributed by atoms with van der Waals surface area (Å²) in [4.78, 5) is 10.8. The lowest BCUT2D eigenvalue weighted by molar-refractivity contribution is -0.109. The largest absolute Gasteiger partial charge is 0.280 e. The molecule has 1 heteroatoms. The molecule has 0 aromatic heterocycles. The Bertz CT molecular complexity index is 210. The average Bonchev–Trinajstić information content (AvgIpc) is 2.06. The van der Waals surface area contributed by atoms with Gasteiger partial charge in [0.25, 0.3) is 0 Å². The predicted octanol–water partition coefficient (Wildman–Crippen LogP) is 2.08. The monoisotopic (exact) mass is 148 g/mol. The van der Waals surface area contributed by atoms with Gasteiger partial charge >= 0.3 is 0 Å². The van der Waals surface area contributed by atoms with E-state index in [-0.39, 0.29) is 5.78 Å². The van der Waals surface area contributed by atoms with Gasteiger partial charge < -0.3 is 0 Å². The van der Waals surface area contributed by atoms with Crippen molar-refractivity contribution in [3.05, 3.63) is 11.6 Å². The van der Waals surface area contributed by atoms with Crippen LogP contribution in [0.2, 0.25) is 0 Å². The van der Waals surface area contributed by atoms with Crippen molar-refractivity contribution >= 4 is 5.78 Å². The highest BCUT2D eigenvalue weighted by atomic mass is 16.1. The number of rotatable bonds is 1. The lowest BCUT2D eigenvalue weighted by atomic mass is 9.94. The molecule has 1 rings (SSSR count). The van der Waals surface area contributed by atoms with Crippen molar-refractivity contribution in [3.63, 3.8) is 0 Å². The molecule has 0 aromatic carbocycles. The third kappa shape index (κ3) is 2.59. The van der Waals surface area contributed by atoms with Crippen LogP contribution >= 0.6 is 0 Å². The number of hydrogen-bond donors (Lipinski definition) is 0. The zero-order valence-corrected chi connectivity index (χ0v) is 6.60. The smallest absolute Gasteiger partial charge is 0.228 e. The topological polar surface area (TPSA) is 17.1 Å². The summed E-state index contributed by atoms with van der Waals surface area (Å²) in [5, 5.41) is 0. The molecule has 1 saturated carbocycles. The molecule has 1 aliphatic carbocycles. The van der Waals surface area contributed by atoms with Gasteiger partial charge in [-0.05, 0) is 37.7 Å². The highest BCUT2D eigenvalue weighted by molar-refractivity contribution is 6.04. The fourth-order valence-corrected chi connectivity index (χ4v) is 1.38. The van der Waals surface area contributed by atoms with Gasteiger partial charge in [-0.1, -0.05) is 12.0 Å². The van der Waals surface area contributed by atoms with Gasteiger partial charge in [0, 0.05) is 0 Å². The molecule has 0 saturated heterocycles. The fraction of sp³-hybridized carbons (Fsp3) is 0.500. The van der Waals surface area contributed by atoms with Crippen LogP contribution < -0.4 is 0 Å². The first kappa shape index (κ1) is 8.07. The summed E-state index contributed by atoms with van der Waals surface area (Å²) in [6.07, 6.45) is 12.4. The van der Waals surface area contributed by atoms with Gasteiger partial charge in [0.2, 0.25) is 5.78 Å². The number of ketones is 1. The highest BCUT2D eigenvalue weighted by Gasteiger charge is 2.05. The van der Waals surface area contributed by atoms with Gasteiger partial charge in [-0.3, -0.25) is 4.79 Å². The molecule has 1 aliphatic rings. The number of allylic oxidation sites excluding steroid dienone is 2. The Morgan fingerprint density at radius 1 is 1.36 bits per heavy atom. The van der Waals surface area contributed by atoms with E-state index >= 15 is 0 Å². The summed E-state index contributed by atoms with van der Waals surface area (Å²) in [5.74, 6) is 1.92. The van der Waals surface area contributed by atoms with Crippen LogP contribution in [0.3, 0.4) is 0 Å². The fourth-order valence-electron chi connectivity index (χ4n) is 1.38. The van der Waals surface area contributed by atoms with E-state index in [1.165, 1.54) is 24.8 Å². The minimum atomic E-state index is -0.179. The van der Waals surface area contributed by atoms with Crippen LogP contribution in [0.15, 0.2) is 11.6 Å². The van der Waals surface area contributed by atoms with Crippen molar-refractivity contribution in [1.82, 2.24) is 0 Å². The van der Waals surface area contributed by atoms with Crippen LogP contribution in [-0.4, -0.2) is 5.78 Å². The molecule has 58 valence electrons. The minimum absolute atomic E-state index is 0.179. The van der Waals surface area contributed by atoms with E-state index in [4.69, 9.17) is 6.42 Å². The normalized spacial score (nSPS) is 17.2. The third-order valence-corrected chi connectivity index (χ3v) is 1.97. The Kier molecular flexibility index (Phi) is 2.92. The summed E-state index contributed by atoms with van der Waals surface area (Å²) >= 11 is 0. The van der Waals surface area contributed by atoms with Crippen molar-refractivity contribution in [3.8, 4) is 12.3 Å². The van der Waals surface area contributed by atoms with Crippen molar-refractivity contribution in [2.45, 2.75) is 32.1 Å². The van der Waals surface area contributed by atoms with Crippen LogP contribution in [-0.2, 0) is 4.79 Å². The molecule has 0 radical (unpaired) electrons. The van der Waals surface area contributed by atoms with E-state index in [1.807, 2.05) is 0 Å². The van der Waals surface area contributed by atoms with E-state index in [2.05, 4.69) is 5.92 Å². The lowest BCUT2D eigenvalue weighted by Gasteiger charge is -2.11. The molecule has 1 fully saturated rings. The van der Waals surface area contributed by atoms with Crippen molar-refractivity contribution < 1.29 is 4.79 Å². The van der Waals surface area contributed by atoms with E-state index < -0.39 is 0 Å². The predicted molar refractivity (Wildman–Crippen MR) is 45.0 cm³/mol. The third-order valence-electron chi connectivity index (χ3n) is 1.97. The quantitative estimate of drug-likeness (QED) is 0.316. The van der Waals surface area contributed by atoms with Crippen LogP contribution in [0.25, 0.3) is 0 Å². The summed E-state index contributed by atoms with van der Waals surface area (Å²) in [6.45, 7) is 0. The average molecular weight is 148 g/mol. The summed E-state index contributed by atoms with van der Waals surface area (Å²) in [7, 11) is 0. The molecular weight excluding hydrogens is 136 g/mol. The molecule has 11 heavy (non-hydrogen) atoms. The zero-order chi connectivity index (χ0) is 8.10. The molecule has 0 N–H and O–H groups in total. The molecule has 0 unspecified atom stereocenters. The minimum Gasteiger partial charge on any atom is -0.280 e. The molecule has 0 heterocycles. The van der Waals surface area contributed by atoms with Gasteiger partial charge in [-0.15, -0.1) is 6.42 Å². The van der Waals surface area contributed by atoms with Crippen LogP contribution in [0.1, 0.15) is 32.1 Å². The molecule has 0 amide bonds. The van der Waals surface area contributed by atoms with Crippen molar-refractivity contribution in [2.24, 2.45) is 0 Å². The van der Waals surface area contributed by atoms with Crippen LogP contribution in [0.4, 0.5) is 0 Å². The second kappa shape index (κ2) is 3.98. The molecule has 0 aliphatic heterocycles. The summed E-state index contributed by atoms with van der Waals surface area (Å²) in [6, 6.07) is 0. The van der Waals surface area contributed by atoms with Crippen molar-refractivity contribution in [2.75, 3.05) is 0 Å². The maximum absolute atomic E-state index is 10.8. The number of carbonyl (C=O) groups excluding carboxylic acids is 1. The number of carbonyl (C=O) groups is 1. The second-order valence-corrected chi connectivity index (χ2v) is 2.87. The van der Waals surface area contributed by atoms with Crippen LogP contribution in [0, 0.1) is 12.3 Å². The SMILES string of the molecule is C#CC(=O)C=C1CCCCC1. The Hall–Kier alpha value is -1.03. The van der Waals surface area contributed by atoms with Gasteiger partial charge in [0.1, 0.15) is 0 Å². The number of hydrogen-bond acceptors (Lipinski definition) is 1. The highest BCUT2D eigenvalue weighted by Crippen LogP contribution is 2.22. The van der Waals surface area contributed by atoms with E-state index in [9.17, 15) is 4.79 Å². The van der Waals surface area contributed by atoms with E-state index in [0.717, 1.165) is 12.8 Å². The Labute approximate surface area is 67.5 Å². The summed E-state index contributed by atoms with van der Waals surface area (Å²) < 4.78 is 0. The molecule has 0 aromatic rings. The molecule has 0 bridgehead atoms. The van der Waals surface area contributed by atoms with Gasteiger partial charge in [0.15, 0.2) is 0 Å². The molecular formula is C10H12O. The first-order valence-electron chi connectivity index (χ1n) is 4.03. The molecule has 0 atom stereocenters. The summed E-state index contributed by atoms with van der Waals surface area (Å²) in [5.41, 5.74) is 1.24. The van der Waals surface area contributed by atoms with Gasteiger partial charge in [-0.2, -0.15) is 0 Å².